The predicted octanol–water partition coefficient (Wildman–Crippen LogP) is 2.27. The largest absolute Gasteiger partial charge is 0.424 e. The van der Waals surface area contributed by atoms with Crippen LogP contribution in [0.5, 0.6) is 0 Å². The average Bonchev–Trinajstić information content (AvgIpc) is 2.42. The van der Waals surface area contributed by atoms with Crippen molar-refractivity contribution in [3.05, 3.63) is 35.1 Å². The van der Waals surface area contributed by atoms with Crippen LogP contribution in [0.1, 0.15) is 29.8 Å². The van der Waals surface area contributed by atoms with Crippen LogP contribution < -0.4 is 11.5 Å². The van der Waals surface area contributed by atoms with Crippen molar-refractivity contribution in [2.45, 2.75) is 31.2 Å². The van der Waals surface area contributed by atoms with Crippen molar-refractivity contribution in [1.82, 2.24) is 0 Å². The minimum atomic E-state index is -4.77. The lowest BCUT2D eigenvalue weighted by Gasteiger charge is -2.41. The molecule has 0 bridgehead atoms. The molecule has 1 aromatic carbocycles. The van der Waals surface area contributed by atoms with E-state index in [1.54, 1.807) is 0 Å². The molecule has 2 atom stereocenters. The number of alkyl halides is 3. The molecule has 0 fully saturated rings. The molecule has 0 radical (unpaired) electrons. The lowest BCUT2D eigenvalue weighted by Crippen LogP contribution is -2.60. The summed E-state index contributed by atoms with van der Waals surface area (Å²) in [6.07, 6.45) is -4.77. The van der Waals surface area contributed by atoms with Crippen molar-refractivity contribution in [3.8, 4) is 0 Å². The van der Waals surface area contributed by atoms with Gasteiger partial charge in [0.25, 0.3) is 0 Å². The van der Waals surface area contributed by atoms with Gasteiger partial charge < -0.3 is 16.2 Å². The van der Waals surface area contributed by atoms with Crippen LogP contribution in [0.3, 0.4) is 0 Å². The molecule has 134 valence electrons. The van der Waals surface area contributed by atoms with Gasteiger partial charge in [0.15, 0.2) is 0 Å². The summed E-state index contributed by atoms with van der Waals surface area (Å²) in [7, 11) is 0. The minimum Gasteiger partial charge on any atom is -0.385 e. The number of nitrogens with two attached hydrogens (primary N) is 2. The van der Waals surface area contributed by atoms with Crippen LogP contribution >= 0.6 is 12.4 Å². The molecule has 0 saturated heterocycles. The van der Waals surface area contributed by atoms with E-state index in [9.17, 15) is 22.4 Å². The van der Waals surface area contributed by atoms with Crippen molar-refractivity contribution >= 4 is 24.1 Å². The maximum Gasteiger partial charge on any atom is 0.424 e. The van der Waals surface area contributed by atoms with Crippen LogP contribution in [0.2, 0.25) is 0 Å². The molecule has 2 rings (SSSR count). The standard InChI is InChI=1S/C14H15F4N3O2.ClH/c1-12(8-5-7(10(19)22)3-4-9(8)15)6-23-13(2,11(20)21-12)14(16,17)18;/h3-5H,6H2,1-2H3,(H2,19,22)(H2,20,21);1H/t12-,13+;/m0./s1. The first kappa shape index (κ1) is 20.2. The number of primary amides is 1. The number of aliphatic imine (C=N–C) groups is 1. The Morgan fingerprint density at radius 2 is 1.92 bits per heavy atom. The monoisotopic (exact) mass is 369 g/mol. The topological polar surface area (TPSA) is 90.7 Å². The first-order valence-corrected chi connectivity index (χ1v) is 6.57. The van der Waals surface area contributed by atoms with E-state index >= 15 is 0 Å². The maximum absolute atomic E-state index is 14.1. The van der Waals surface area contributed by atoms with E-state index in [2.05, 4.69) is 4.99 Å². The molecule has 10 heteroatoms. The van der Waals surface area contributed by atoms with Crippen LogP contribution in [-0.2, 0) is 10.3 Å². The molecule has 1 aliphatic heterocycles. The van der Waals surface area contributed by atoms with Gasteiger partial charge in [-0.25, -0.2) is 4.39 Å². The van der Waals surface area contributed by atoms with E-state index in [0.29, 0.717) is 0 Å². The normalized spacial score (nSPS) is 27.2. The second-order valence-electron chi connectivity index (χ2n) is 5.65. The molecule has 1 aliphatic rings. The van der Waals surface area contributed by atoms with Crippen molar-refractivity contribution in [3.63, 3.8) is 0 Å². The number of amidine groups is 1. The minimum absolute atomic E-state index is 0. The Labute approximate surface area is 141 Å². The number of rotatable bonds is 2. The summed E-state index contributed by atoms with van der Waals surface area (Å²) in [6, 6.07) is 3.29. The highest BCUT2D eigenvalue weighted by atomic mass is 35.5. The van der Waals surface area contributed by atoms with Crippen molar-refractivity contribution in [2.75, 3.05) is 6.61 Å². The Hall–Kier alpha value is -1.87. The van der Waals surface area contributed by atoms with Gasteiger partial charge in [-0.05, 0) is 32.0 Å². The lowest BCUT2D eigenvalue weighted by atomic mass is 9.88. The zero-order valence-corrected chi connectivity index (χ0v) is 13.6. The van der Waals surface area contributed by atoms with Gasteiger partial charge >= 0.3 is 6.18 Å². The lowest BCUT2D eigenvalue weighted by molar-refractivity contribution is -0.249. The van der Waals surface area contributed by atoms with E-state index in [4.69, 9.17) is 16.2 Å². The highest BCUT2D eigenvalue weighted by Crippen LogP contribution is 2.41. The highest BCUT2D eigenvalue weighted by molar-refractivity contribution is 5.93. The molecule has 0 aliphatic carbocycles. The molecule has 5 nitrogen and oxygen atoms in total. The second-order valence-corrected chi connectivity index (χ2v) is 5.65. The number of benzene rings is 1. The number of hydrogen-bond acceptors (Lipinski definition) is 4. The van der Waals surface area contributed by atoms with Gasteiger partial charge in [0.1, 0.15) is 17.2 Å². The van der Waals surface area contributed by atoms with Gasteiger partial charge in [0.05, 0.1) is 6.61 Å². The Morgan fingerprint density at radius 3 is 2.38 bits per heavy atom. The molecule has 1 aromatic rings. The van der Waals surface area contributed by atoms with Crippen molar-refractivity contribution in [1.29, 1.82) is 0 Å². The Kier molecular flexibility index (Phi) is 5.22. The van der Waals surface area contributed by atoms with Gasteiger partial charge in [0, 0.05) is 11.1 Å². The van der Waals surface area contributed by atoms with E-state index in [1.807, 2.05) is 0 Å². The van der Waals surface area contributed by atoms with Crippen LogP contribution in [-0.4, -0.2) is 30.1 Å². The van der Waals surface area contributed by atoms with Gasteiger partial charge in [-0.3, -0.25) is 9.79 Å². The number of carbonyl (C=O) groups excluding carboxylic acids is 1. The van der Waals surface area contributed by atoms with Gasteiger partial charge in [0.2, 0.25) is 11.5 Å². The zero-order valence-electron chi connectivity index (χ0n) is 12.8. The van der Waals surface area contributed by atoms with Gasteiger partial charge in [-0.15, -0.1) is 12.4 Å². The molecule has 24 heavy (non-hydrogen) atoms. The fraction of sp³-hybridized carbons (Fsp3) is 0.429. The number of ether oxygens (including phenoxy) is 1. The highest BCUT2D eigenvalue weighted by Gasteiger charge is 2.59. The van der Waals surface area contributed by atoms with Crippen LogP contribution in [0.25, 0.3) is 0 Å². The summed E-state index contributed by atoms with van der Waals surface area (Å²) in [4.78, 5) is 15.0. The summed E-state index contributed by atoms with van der Waals surface area (Å²) in [5, 5.41) is 0. The fourth-order valence-electron chi connectivity index (χ4n) is 2.22. The Bertz CT molecular complexity index is 695. The third-order valence-corrected chi connectivity index (χ3v) is 3.87. The molecule has 1 heterocycles. The van der Waals surface area contributed by atoms with E-state index in [-0.39, 0.29) is 23.5 Å². The van der Waals surface area contributed by atoms with Crippen LogP contribution in [0.4, 0.5) is 17.6 Å². The number of amides is 1. The quantitative estimate of drug-likeness (QED) is 0.783. The van der Waals surface area contributed by atoms with Crippen LogP contribution in [0.15, 0.2) is 23.2 Å². The van der Waals surface area contributed by atoms with Crippen LogP contribution in [0, 0.1) is 5.82 Å². The number of nitrogens with zero attached hydrogens (tertiary/aromatic N) is 1. The molecular weight excluding hydrogens is 354 g/mol. The maximum atomic E-state index is 14.1. The zero-order chi connectivity index (χ0) is 17.6. The van der Waals surface area contributed by atoms with Gasteiger partial charge in [-0.2, -0.15) is 13.2 Å². The van der Waals surface area contributed by atoms with E-state index in [0.717, 1.165) is 19.1 Å². The molecule has 0 unspecified atom stereocenters. The molecule has 0 spiro atoms. The smallest absolute Gasteiger partial charge is 0.385 e. The van der Waals surface area contributed by atoms with E-state index < -0.39 is 41.5 Å². The Morgan fingerprint density at radius 1 is 1.33 bits per heavy atom. The third kappa shape index (κ3) is 3.18. The van der Waals surface area contributed by atoms with E-state index in [1.165, 1.54) is 13.0 Å². The SMILES string of the molecule is C[C@@]1(c2cc(C(N)=O)ccc2F)CO[C@@](C)(C(F)(F)F)C(N)=N1.Cl. The average molecular weight is 370 g/mol. The summed E-state index contributed by atoms with van der Waals surface area (Å²) in [5.74, 6) is -2.38. The molecule has 1 amide bonds. The molecular formula is C14H16ClF4N3O2. The fourth-order valence-corrected chi connectivity index (χ4v) is 2.22. The summed E-state index contributed by atoms with van der Waals surface area (Å²) in [6.45, 7) is 1.55. The first-order valence-electron chi connectivity index (χ1n) is 6.57. The molecule has 4 N–H and O–H groups in total. The summed E-state index contributed by atoms with van der Waals surface area (Å²) >= 11 is 0. The third-order valence-electron chi connectivity index (χ3n) is 3.87. The second kappa shape index (κ2) is 6.21. The molecule has 0 saturated carbocycles. The van der Waals surface area contributed by atoms with Gasteiger partial charge in [-0.1, -0.05) is 0 Å². The number of halogens is 5. The molecule has 0 aromatic heterocycles. The van der Waals surface area contributed by atoms with Crippen molar-refractivity contribution < 1.29 is 27.1 Å². The number of carbonyl (C=O) groups is 1. The Balaban J connectivity index is 0.00000288. The summed E-state index contributed by atoms with van der Waals surface area (Å²) < 4.78 is 58.2. The predicted molar refractivity (Wildman–Crippen MR) is 81.6 cm³/mol. The van der Waals surface area contributed by atoms with Crippen molar-refractivity contribution in [2.24, 2.45) is 16.5 Å². The first-order chi connectivity index (χ1) is 10.4. The number of hydrogen-bond donors (Lipinski definition) is 2. The summed E-state index contributed by atoms with van der Waals surface area (Å²) in [5.41, 5.74) is 6.20.